The van der Waals surface area contributed by atoms with Crippen molar-refractivity contribution in [2.24, 2.45) is 0 Å². The minimum absolute atomic E-state index is 0.00609. The first-order chi connectivity index (χ1) is 18.1. The minimum Gasteiger partial charge on any atom is -0.293 e. The second-order valence-electron chi connectivity index (χ2n) is 9.19. The van der Waals surface area contributed by atoms with Crippen molar-refractivity contribution in [3.05, 3.63) is 71.3 Å². The molecule has 194 valence electrons. The number of thiocarbonyl (C=S) groups is 1. The molecular formula is C30H35N3OS3. The van der Waals surface area contributed by atoms with Crippen LogP contribution in [0.2, 0.25) is 0 Å². The Morgan fingerprint density at radius 2 is 1.68 bits per heavy atom. The van der Waals surface area contributed by atoms with Crippen molar-refractivity contribution >= 4 is 52.0 Å². The lowest BCUT2D eigenvalue weighted by atomic mass is 10.1. The molecule has 0 N–H and O–H groups in total. The number of nitrogens with zero attached hydrogens (tertiary/aromatic N) is 3. The van der Waals surface area contributed by atoms with Gasteiger partial charge in [0.05, 0.1) is 16.3 Å². The summed E-state index contributed by atoms with van der Waals surface area (Å²) in [5, 5.41) is 4.94. The van der Waals surface area contributed by atoms with E-state index in [1.54, 1.807) is 4.90 Å². The van der Waals surface area contributed by atoms with Gasteiger partial charge in [-0.25, -0.2) is 4.68 Å². The Bertz CT molecular complexity index is 1220. The van der Waals surface area contributed by atoms with Gasteiger partial charge in [-0.1, -0.05) is 100 Å². The standard InChI is InChI=1S/C30H35N3OS3/c1-3-5-7-8-12-19-32-29(34)27(37-30(32)35)21-24-22-33(25-13-10-9-11-14-25)31-28(24)23-15-17-26(18-16-23)36-20-6-4-2/h9-11,13-18,21-22H,3-8,12,19-20H2,1-2H3. The average molecular weight is 550 g/mol. The Kier molecular flexibility index (Phi) is 10.5. The van der Waals surface area contributed by atoms with Crippen molar-refractivity contribution in [1.82, 2.24) is 14.7 Å². The Morgan fingerprint density at radius 3 is 2.41 bits per heavy atom. The van der Waals surface area contributed by atoms with Crippen molar-refractivity contribution in [3.8, 4) is 16.9 Å². The zero-order valence-electron chi connectivity index (χ0n) is 21.7. The van der Waals surface area contributed by atoms with Crippen LogP contribution in [0.15, 0.2) is 70.6 Å². The van der Waals surface area contributed by atoms with E-state index in [9.17, 15) is 4.79 Å². The molecule has 3 aromatic rings. The van der Waals surface area contributed by atoms with Gasteiger partial charge >= 0.3 is 0 Å². The van der Waals surface area contributed by atoms with Gasteiger partial charge in [0.25, 0.3) is 5.91 Å². The Balaban J connectivity index is 1.59. The van der Waals surface area contributed by atoms with E-state index in [0.29, 0.717) is 15.8 Å². The molecule has 1 aliphatic heterocycles. The molecule has 1 fully saturated rings. The summed E-state index contributed by atoms with van der Waals surface area (Å²) in [7, 11) is 0. The zero-order chi connectivity index (χ0) is 26.0. The largest absolute Gasteiger partial charge is 0.293 e. The van der Waals surface area contributed by atoms with Crippen LogP contribution in [0.4, 0.5) is 0 Å². The van der Waals surface area contributed by atoms with E-state index >= 15 is 0 Å². The van der Waals surface area contributed by atoms with Crippen molar-refractivity contribution in [3.63, 3.8) is 0 Å². The molecule has 4 rings (SSSR count). The monoisotopic (exact) mass is 549 g/mol. The maximum Gasteiger partial charge on any atom is 0.266 e. The summed E-state index contributed by atoms with van der Waals surface area (Å²) in [5.41, 5.74) is 3.79. The van der Waals surface area contributed by atoms with Crippen LogP contribution in [0.5, 0.6) is 0 Å². The van der Waals surface area contributed by atoms with Crippen molar-refractivity contribution in [2.75, 3.05) is 12.3 Å². The molecular weight excluding hydrogens is 515 g/mol. The van der Waals surface area contributed by atoms with Gasteiger partial charge in [-0.05, 0) is 48.9 Å². The van der Waals surface area contributed by atoms with Crippen LogP contribution in [0.3, 0.4) is 0 Å². The number of benzene rings is 2. The molecule has 1 aliphatic rings. The molecule has 0 aliphatic carbocycles. The van der Waals surface area contributed by atoms with Gasteiger partial charge in [0.2, 0.25) is 0 Å². The Hall–Kier alpha value is -2.35. The highest BCUT2D eigenvalue weighted by Gasteiger charge is 2.32. The average Bonchev–Trinajstić information content (AvgIpc) is 3.46. The van der Waals surface area contributed by atoms with E-state index in [2.05, 4.69) is 38.1 Å². The number of thioether (sulfide) groups is 2. The SMILES string of the molecule is CCCCCCCN1C(=O)C(=Cc2cn(-c3ccccc3)nc2-c2ccc(SCCCC)cc2)SC1=S. The molecule has 1 amide bonds. The highest BCUT2D eigenvalue weighted by molar-refractivity contribution is 8.26. The maximum atomic E-state index is 13.3. The Labute approximate surface area is 234 Å². The van der Waals surface area contributed by atoms with Gasteiger partial charge in [-0.2, -0.15) is 5.10 Å². The minimum atomic E-state index is 0.00609. The number of rotatable bonds is 13. The highest BCUT2D eigenvalue weighted by atomic mass is 32.2. The number of unbranched alkanes of at least 4 members (excludes halogenated alkanes) is 5. The third-order valence-electron chi connectivity index (χ3n) is 6.30. The number of amides is 1. The zero-order valence-corrected chi connectivity index (χ0v) is 24.1. The van der Waals surface area contributed by atoms with E-state index in [0.717, 1.165) is 41.1 Å². The third-order valence-corrected chi connectivity index (χ3v) is 8.78. The van der Waals surface area contributed by atoms with E-state index in [1.165, 1.54) is 48.8 Å². The number of carbonyl (C=O) groups excluding carboxylic acids is 1. The molecule has 2 aromatic carbocycles. The van der Waals surface area contributed by atoms with Crippen LogP contribution < -0.4 is 0 Å². The smallest absolute Gasteiger partial charge is 0.266 e. The molecule has 7 heteroatoms. The molecule has 0 unspecified atom stereocenters. The molecule has 0 radical (unpaired) electrons. The first-order valence-electron chi connectivity index (χ1n) is 13.2. The molecule has 1 aromatic heterocycles. The van der Waals surface area contributed by atoms with Gasteiger partial charge in [-0.3, -0.25) is 9.69 Å². The van der Waals surface area contributed by atoms with Gasteiger partial charge in [0, 0.05) is 28.8 Å². The van der Waals surface area contributed by atoms with E-state index < -0.39 is 0 Å². The fraction of sp³-hybridized carbons (Fsp3) is 0.367. The van der Waals surface area contributed by atoms with Crippen LogP contribution in [-0.4, -0.2) is 37.2 Å². The number of carbonyl (C=O) groups is 1. The van der Waals surface area contributed by atoms with Crippen LogP contribution in [0.25, 0.3) is 23.0 Å². The van der Waals surface area contributed by atoms with E-state index in [1.807, 2.05) is 59.0 Å². The molecule has 1 saturated heterocycles. The number of para-hydroxylation sites is 1. The third kappa shape index (κ3) is 7.37. The number of hydrogen-bond acceptors (Lipinski definition) is 5. The molecule has 0 saturated carbocycles. The lowest BCUT2D eigenvalue weighted by Gasteiger charge is -2.13. The Morgan fingerprint density at radius 1 is 0.946 bits per heavy atom. The molecule has 0 spiro atoms. The van der Waals surface area contributed by atoms with Gasteiger partial charge in [-0.15, -0.1) is 11.8 Å². The van der Waals surface area contributed by atoms with Gasteiger partial charge in [0.15, 0.2) is 0 Å². The molecule has 0 atom stereocenters. The van der Waals surface area contributed by atoms with Crippen molar-refractivity contribution < 1.29 is 4.79 Å². The second kappa shape index (κ2) is 14.0. The number of hydrogen-bond donors (Lipinski definition) is 0. The van der Waals surface area contributed by atoms with E-state index in [4.69, 9.17) is 17.3 Å². The van der Waals surface area contributed by atoms with Crippen LogP contribution >= 0.6 is 35.7 Å². The lowest BCUT2D eigenvalue weighted by Crippen LogP contribution is -2.29. The summed E-state index contributed by atoms with van der Waals surface area (Å²) in [4.78, 5) is 16.9. The van der Waals surface area contributed by atoms with Crippen molar-refractivity contribution in [1.29, 1.82) is 0 Å². The summed E-state index contributed by atoms with van der Waals surface area (Å²) in [6.07, 6.45) is 12.2. The summed E-state index contributed by atoms with van der Waals surface area (Å²) in [6, 6.07) is 18.7. The predicted octanol–water partition coefficient (Wildman–Crippen LogP) is 8.60. The second-order valence-corrected chi connectivity index (χ2v) is 12.0. The van der Waals surface area contributed by atoms with Crippen LogP contribution in [0, 0.1) is 0 Å². The van der Waals surface area contributed by atoms with Crippen molar-refractivity contribution in [2.45, 2.75) is 63.7 Å². The topological polar surface area (TPSA) is 38.1 Å². The summed E-state index contributed by atoms with van der Waals surface area (Å²) < 4.78 is 2.54. The fourth-order valence-corrected chi connectivity index (χ4v) is 6.48. The summed E-state index contributed by atoms with van der Waals surface area (Å²) >= 11 is 8.86. The molecule has 2 heterocycles. The molecule has 0 bridgehead atoms. The van der Waals surface area contributed by atoms with E-state index in [-0.39, 0.29) is 5.91 Å². The molecule has 4 nitrogen and oxygen atoms in total. The first kappa shape index (κ1) is 27.7. The highest BCUT2D eigenvalue weighted by Crippen LogP contribution is 2.35. The van der Waals surface area contributed by atoms with Gasteiger partial charge in [0.1, 0.15) is 4.32 Å². The molecule has 37 heavy (non-hydrogen) atoms. The van der Waals surface area contributed by atoms with Crippen LogP contribution in [0.1, 0.15) is 64.4 Å². The fourth-order valence-electron chi connectivity index (χ4n) is 4.18. The lowest BCUT2D eigenvalue weighted by molar-refractivity contribution is -0.122. The van der Waals surface area contributed by atoms with Gasteiger partial charge < -0.3 is 0 Å². The maximum absolute atomic E-state index is 13.3. The number of aromatic nitrogens is 2. The predicted molar refractivity (Wildman–Crippen MR) is 163 cm³/mol. The summed E-state index contributed by atoms with van der Waals surface area (Å²) in [6.45, 7) is 5.12. The normalized spacial score (nSPS) is 14.8. The quantitative estimate of drug-likeness (QED) is 0.0923. The summed E-state index contributed by atoms with van der Waals surface area (Å²) in [5.74, 6) is 1.14. The first-order valence-corrected chi connectivity index (χ1v) is 15.5. The van der Waals surface area contributed by atoms with Crippen LogP contribution in [-0.2, 0) is 4.79 Å².